The second kappa shape index (κ2) is 13.4. The summed E-state index contributed by atoms with van der Waals surface area (Å²) in [6.07, 6.45) is 0. The Labute approximate surface area is 337 Å². The van der Waals surface area contributed by atoms with Gasteiger partial charge in [-0.05, 0) is 28.6 Å². The monoisotopic (exact) mass is 724 g/mol. The van der Waals surface area contributed by atoms with Gasteiger partial charge in [-0.2, -0.15) is 0 Å². The van der Waals surface area contributed by atoms with Crippen molar-refractivity contribution in [2.75, 3.05) is 0 Å². The molecule has 0 saturated carbocycles. The number of nitrogens with zero attached hydrogens (tertiary/aromatic N) is 4. The lowest BCUT2D eigenvalue weighted by atomic mass is 9.64. The molecule has 0 radical (unpaired) electrons. The first-order valence-electron chi connectivity index (χ1n) is 19.6. The molecule has 262 valence electrons. The third kappa shape index (κ3) is 5.30. The van der Waals surface area contributed by atoms with Gasteiger partial charge in [0.1, 0.15) is 60.5 Å². The zero-order chi connectivity index (χ0) is 39.1. The summed E-state index contributed by atoms with van der Waals surface area (Å²) in [4.78, 5) is 15.2. The Morgan fingerprint density at radius 1 is 0.404 bits per heavy atom. The number of rotatable bonds is 5. The van der Waals surface area contributed by atoms with E-state index in [0.29, 0.717) is 17.5 Å². The summed E-state index contributed by atoms with van der Waals surface area (Å²) in [5.74, 6) is 1.86. The Balaban J connectivity index is 1.30. The minimum atomic E-state index is 0.603. The van der Waals surface area contributed by atoms with Crippen molar-refractivity contribution in [3.8, 4) is 51.0 Å². The third-order valence-electron chi connectivity index (χ3n) is 12.4. The maximum atomic E-state index is 7.02. The van der Waals surface area contributed by atoms with Crippen LogP contribution < -0.4 is 38.2 Å². The van der Waals surface area contributed by atoms with Crippen molar-refractivity contribution in [1.82, 2.24) is 19.5 Å². The van der Waals surface area contributed by atoms with Crippen LogP contribution in [0.15, 0.2) is 132 Å². The van der Waals surface area contributed by atoms with Gasteiger partial charge in [0.25, 0.3) is 0 Å². The second-order valence-corrected chi connectivity index (χ2v) is 15.4. The van der Waals surface area contributed by atoms with Gasteiger partial charge in [-0.25, -0.2) is 15.0 Å². The van der Waals surface area contributed by atoms with Crippen molar-refractivity contribution in [2.45, 2.75) is 0 Å². The Morgan fingerprint density at radius 2 is 0.912 bits per heavy atom. The lowest BCUT2D eigenvalue weighted by molar-refractivity contribution is 0.666. The van der Waals surface area contributed by atoms with Crippen LogP contribution in [0.2, 0.25) is 0 Å². The first kappa shape index (κ1) is 35.0. The maximum Gasteiger partial charge on any atom is 0.164 e. The quantitative estimate of drug-likeness (QED) is 0.222. The highest BCUT2D eigenvalue weighted by molar-refractivity contribution is 6.69. The van der Waals surface area contributed by atoms with Crippen LogP contribution in [0.4, 0.5) is 0 Å². The normalized spacial score (nSPS) is 11.6. The molecule has 10 aromatic rings. The number of para-hydroxylation sites is 1. The van der Waals surface area contributed by atoms with Gasteiger partial charge in [0.05, 0.1) is 5.69 Å². The predicted molar refractivity (Wildman–Crippen MR) is 260 cm³/mol. The smallest absolute Gasteiger partial charge is 0.164 e. The average molecular weight is 723 g/mol. The van der Waals surface area contributed by atoms with Crippen LogP contribution in [-0.2, 0) is 0 Å². The summed E-state index contributed by atoms with van der Waals surface area (Å²) < 4.78 is 9.52. The molecule has 57 heavy (non-hydrogen) atoms. The van der Waals surface area contributed by atoms with Gasteiger partial charge in [-0.15, -0.1) is 5.46 Å². The van der Waals surface area contributed by atoms with Crippen LogP contribution in [0.1, 0.15) is 0 Å². The van der Waals surface area contributed by atoms with Gasteiger partial charge in [0.2, 0.25) is 0 Å². The van der Waals surface area contributed by atoms with E-state index < -0.39 is 0 Å². The molecule has 10 rings (SSSR count). The molecule has 0 aliphatic heterocycles. The van der Waals surface area contributed by atoms with Crippen molar-refractivity contribution in [3.63, 3.8) is 0 Å². The minimum absolute atomic E-state index is 0.603. The zero-order valence-electron chi connectivity index (χ0n) is 33.3. The van der Waals surface area contributed by atoms with Gasteiger partial charge in [-0.1, -0.05) is 148 Å². The molecule has 0 fully saturated rings. The molecule has 3 aromatic heterocycles. The number of benzene rings is 7. The van der Waals surface area contributed by atoms with Gasteiger partial charge in [-0.3, -0.25) is 0 Å². The number of fused-ring (bicyclic) bond motifs is 6. The molecule has 3 heterocycles. The Bertz CT molecular complexity index is 3200. The lowest BCUT2D eigenvalue weighted by Crippen LogP contribution is -2.48. The molecule has 0 aliphatic rings. The highest BCUT2D eigenvalue weighted by Crippen LogP contribution is 2.40. The molecular weight excluding hydrogens is 688 g/mol. The first-order valence-corrected chi connectivity index (χ1v) is 19.6. The van der Waals surface area contributed by atoms with E-state index in [0.717, 1.165) is 44.3 Å². The van der Waals surface area contributed by atoms with E-state index in [2.05, 4.69) is 120 Å². The van der Waals surface area contributed by atoms with E-state index in [1.165, 1.54) is 71.2 Å². The molecule has 0 spiro atoms. The highest BCUT2D eigenvalue weighted by atomic mass is 16.3. The zero-order valence-corrected chi connectivity index (χ0v) is 33.3. The van der Waals surface area contributed by atoms with Gasteiger partial charge in [0.15, 0.2) is 23.1 Å². The number of hydrogen-bond donors (Lipinski definition) is 0. The van der Waals surface area contributed by atoms with Gasteiger partial charge in [0, 0.05) is 43.9 Å². The molecule has 0 aliphatic carbocycles. The standard InChI is InChI=1S/C45H35B7N4O/c46-33-29(22-12-4-1-5-13-22)34(47)38(51)40-31(33)32-35(48)36(49)37(50)39(52)41(32)56(40)27-20-10-18-25-30-26(19-11-21-28(30)57-42(25)27)45-54-43(23-14-6-2-7-15-23)53-44(55-45)24-16-8-3-9-17-24/h1-21H,46-52H2. The van der Waals surface area contributed by atoms with Crippen LogP contribution in [0.25, 0.3) is 94.7 Å². The average Bonchev–Trinajstić information content (AvgIpc) is 3.82. The summed E-state index contributed by atoms with van der Waals surface area (Å²) in [7, 11) is 16.0. The minimum Gasteiger partial charge on any atom is -0.454 e. The fraction of sp³-hybridized carbons (Fsp3) is 0. The summed E-state index contributed by atoms with van der Waals surface area (Å²) >= 11 is 0. The molecule has 0 N–H and O–H groups in total. The summed E-state index contributed by atoms with van der Waals surface area (Å²) in [5, 5.41) is 4.61. The van der Waals surface area contributed by atoms with E-state index in [4.69, 9.17) is 19.4 Å². The lowest BCUT2D eigenvalue weighted by Gasteiger charge is -2.18. The van der Waals surface area contributed by atoms with Crippen molar-refractivity contribution < 1.29 is 4.42 Å². The van der Waals surface area contributed by atoms with Crippen LogP contribution in [0, 0.1) is 0 Å². The molecule has 5 nitrogen and oxygen atoms in total. The van der Waals surface area contributed by atoms with Crippen LogP contribution >= 0.6 is 0 Å². The highest BCUT2D eigenvalue weighted by Gasteiger charge is 2.27. The number of furan rings is 1. The Kier molecular flexibility index (Phi) is 8.22. The maximum absolute atomic E-state index is 7.02. The largest absolute Gasteiger partial charge is 0.454 e. The molecule has 0 saturated heterocycles. The van der Waals surface area contributed by atoms with Crippen LogP contribution in [-0.4, -0.2) is 74.4 Å². The van der Waals surface area contributed by atoms with Crippen molar-refractivity contribution in [3.05, 3.63) is 127 Å². The molecule has 0 amide bonds. The SMILES string of the molecule is Bc1c(B)c(B)c2c(c1B)c1c(B)c(-c3ccccc3)c(B)c(B)c1n2-c1cccc2c1oc1cccc(-c3nc(-c4ccccc4)nc(-c4ccccc4)n3)c12. The van der Waals surface area contributed by atoms with Crippen LogP contribution in [0.5, 0.6) is 0 Å². The summed E-state index contributed by atoms with van der Waals surface area (Å²) in [5.41, 5.74) is 19.5. The van der Waals surface area contributed by atoms with Crippen LogP contribution in [0.3, 0.4) is 0 Å². The van der Waals surface area contributed by atoms with Crippen molar-refractivity contribution >= 4 is 137 Å². The summed E-state index contributed by atoms with van der Waals surface area (Å²) in [6, 6.07) is 43.8. The number of aromatic nitrogens is 4. The van der Waals surface area contributed by atoms with Crippen molar-refractivity contribution in [1.29, 1.82) is 0 Å². The first-order chi connectivity index (χ1) is 27.7. The van der Waals surface area contributed by atoms with E-state index >= 15 is 0 Å². The van der Waals surface area contributed by atoms with E-state index in [-0.39, 0.29) is 0 Å². The van der Waals surface area contributed by atoms with Gasteiger partial charge < -0.3 is 8.98 Å². The Morgan fingerprint density at radius 3 is 1.53 bits per heavy atom. The third-order valence-corrected chi connectivity index (χ3v) is 12.4. The molecule has 0 unspecified atom stereocenters. The van der Waals surface area contributed by atoms with E-state index in [1.807, 2.05) is 66.7 Å². The molecular formula is C45H35B7N4O. The van der Waals surface area contributed by atoms with E-state index in [1.54, 1.807) is 0 Å². The molecule has 12 heteroatoms. The number of hydrogen-bond acceptors (Lipinski definition) is 4. The van der Waals surface area contributed by atoms with Gasteiger partial charge >= 0.3 is 0 Å². The Hall–Kier alpha value is -6.40. The van der Waals surface area contributed by atoms with Crippen molar-refractivity contribution in [2.24, 2.45) is 0 Å². The fourth-order valence-electron chi connectivity index (χ4n) is 9.11. The summed E-state index contributed by atoms with van der Waals surface area (Å²) in [6.45, 7) is 0. The topological polar surface area (TPSA) is 56.7 Å². The molecule has 0 atom stereocenters. The predicted octanol–water partition coefficient (Wildman–Crippen LogP) is -0.655. The fourth-order valence-corrected chi connectivity index (χ4v) is 9.11. The van der Waals surface area contributed by atoms with E-state index in [9.17, 15) is 0 Å². The second-order valence-electron chi connectivity index (χ2n) is 15.4. The molecule has 7 aromatic carbocycles. The molecule has 0 bridgehead atoms.